The van der Waals surface area contributed by atoms with Crippen molar-refractivity contribution in [3.63, 3.8) is 0 Å². The molecule has 0 radical (unpaired) electrons. The molecule has 0 fully saturated rings. The fourth-order valence-electron chi connectivity index (χ4n) is 1.31. The van der Waals surface area contributed by atoms with Crippen LogP contribution in [0.4, 0.5) is 0 Å². The quantitative estimate of drug-likeness (QED) is 0.776. The Kier molecular flexibility index (Phi) is 2.70. The first-order chi connectivity index (χ1) is 7.29. The topological polar surface area (TPSA) is 41.6 Å². The van der Waals surface area contributed by atoms with Crippen LogP contribution in [0.15, 0.2) is 36.7 Å². The lowest BCUT2D eigenvalue weighted by atomic mass is 10.1. The lowest BCUT2D eigenvalue weighted by Gasteiger charge is -1.96. The number of rotatable bonds is 2. The summed E-state index contributed by atoms with van der Waals surface area (Å²) in [6.45, 7) is 0.271. The highest BCUT2D eigenvalue weighted by molar-refractivity contribution is 6.30. The van der Waals surface area contributed by atoms with Gasteiger partial charge in [0.2, 0.25) is 0 Å². The van der Waals surface area contributed by atoms with E-state index in [0.717, 1.165) is 11.1 Å². The molecule has 0 saturated carbocycles. The van der Waals surface area contributed by atoms with E-state index in [1.165, 1.54) is 0 Å². The van der Waals surface area contributed by atoms with E-state index in [1.54, 1.807) is 10.9 Å². The number of nitrogens with zero attached hydrogens (tertiary/aromatic N) is 3. The molecule has 2 aromatic rings. The van der Waals surface area contributed by atoms with E-state index in [4.69, 9.17) is 16.9 Å². The first-order valence-electron chi connectivity index (χ1n) is 4.45. The predicted molar refractivity (Wildman–Crippen MR) is 58.3 cm³/mol. The van der Waals surface area contributed by atoms with Gasteiger partial charge >= 0.3 is 0 Å². The van der Waals surface area contributed by atoms with E-state index >= 15 is 0 Å². The maximum absolute atomic E-state index is 8.51. The molecule has 1 heterocycles. The number of aromatic nitrogens is 2. The molecular weight excluding hydrogens is 210 g/mol. The van der Waals surface area contributed by atoms with Crippen LogP contribution in [0.25, 0.3) is 11.1 Å². The molecule has 0 saturated heterocycles. The van der Waals surface area contributed by atoms with Gasteiger partial charge in [0.15, 0.2) is 0 Å². The van der Waals surface area contributed by atoms with Crippen molar-refractivity contribution in [2.24, 2.45) is 0 Å². The van der Waals surface area contributed by atoms with Gasteiger partial charge < -0.3 is 0 Å². The third-order valence-electron chi connectivity index (χ3n) is 2.04. The van der Waals surface area contributed by atoms with Crippen LogP contribution in [0, 0.1) is 11.3 Å². The summed E-state index contributed by atoms with van der Waals surface area (Å²) in [6.07, 6.45) is 3.58. The van der Waals surface area contributed by atoms with Crippen LogP contribution < -0.4 is 0 Å². The summed E-state index contributed by atoms with van der Waals surface area (Å²) < 4.78 is 1.60. The van der Waals surface area contributed by atoms with Crippen molar-refractivity contribution < 1.29 is 0 Å². The number of hydrogen-bond donors (Lipinski definition) is 0. The molecule has 15 heavy (non-hydrogen) atoms. The highest BCUT2D eigenvalue weighted by Gasteiger charge is 2.00. The molecule has 0 bridgehead atoms. The molecule has 3 nitrogen and oxygen atoms in total. The van der Waals surface area contributed by atoms with Gasteiger partial charge in [-0.1, -0.05) is 23.7 Å². The molecule has 0 amide bonds. The van der Waals surface area contributed by atoms with E-state index in [0.29, 0.717) is 5.02 Å². The number of halogens is 1. The van der Waals surface area contributed by atoms with Crippen LogP contribution in [0.5, 0.6) is 0 Å². The van der Waals surface area contributed by atoms with E-state index in [1.807, 2.05) is 36.5 Å². The zero-order valence-corrected chi connectivity index (χ0v) is 8.65. The summed E-state index contributed by atoms with van der Waals surface area (Å²) in [5.74, 6) is 0. The van der Waals surface area contributed by atoms with Crippen molar-refractivity contribution >= 4 is 11.6 Å². The van der Waals surface area contributed by atoms with Gasteiger partial charge in [0.25, 0.3) is 0 Å². The number of benzene rings is 1. The summed E-state index contributed by atoms with van der Waals surface area (Å²) in [5.41, 5.74) is 2.03. The molecule has 0 spiro atoms. The molecule has 74 valence electrons. The Morgan fingerprint density at radius 3 is 2.67 bits per heavy atom. The van der Waals surface area contributed by atoms with Gasteiger partial charge in [-0.25, -0.2) is 0 Å². The maximum Gasteiger partial charge on any atom is 0.128 e. The summed E-state index contributed by atoms with van der Waals surface area (Å²) in [6, 6.07) is 9.55. The van der Waals surface area contributed by atoms with Gasteiger partial charge in [0, 0.05) is 16.8 Å². The summed E-state index contributed by atoms with van der Waals surface area (Å²) in [5, 5.41) is 13.3. The zero-order valence-electron chi connectivity index (χ0n) is 7.89. The Balaban J connectivity index is 2.30. The van der Waals surface area contributed by atoms with Crippen LogP contribution in [0.3, 0.4) is 0 Å². The maximum atomic E-state index is 8.51. The second-order valence-electron chi connectivity index (χ2n) is 3.09. The van der Waals surface area contributed by atoms with Crippen LogP contribution in [0.1, 0.15) is 0 Å². The van der Waals surface area contributed by atoms with Crippen LogP contribution in [-0.2, 0) is 6.54 Å². The smallest absolute Gasteiger partial charge is 0.128 e. The highest BCUT2D eigenvalue weighted by atomic mass is 35.5. The van der Waals surface area contributed by atoms with Gasteiger partial charge in [0.05, 0.1) is 12.3 Å². The van der Waals surface area contributed by atoms with Gasteiger partial charge in [-0.3, -0.25) is 4.68 Å². The van der Waals surface area contributed by atoms with Crippen molar-refractivity contribution in [3.05, 3.63) is 41.7 Å². The second kappa shape index (κ2) is 4.16. The normalized spacial score (nSPS) is 9.87. The van der Waals surface area contributed by atoms with Gasteiger partial charge in [-0.15, -0.1) is 0 Å². The van der Waals surface area contributed by atoms with Crippen molar-refractivity contribution in [3.8, 4) is 17.2 Å². The number of hydrogen-bond acceptors (Lipinski definition) is 2. The van der Waals surface area contributed by atoms with Gasteiger partial charge in [0.1, 0.15) is 6.54 Å². The molecule has 0 atom stereocenters. The average molecular weight is 218 g/mol. The minimum Gasteiger partial charge on any atom is -0.258 e. The fraction of sp³-hybridized carbons (Fsp3) is 0.0909. The minimum atomic E-state index is 0.271. The first-order valence-corrected chi connectivity index (χ1v) is 4.83. The highest BCUT2D eigenvalue weighted by Crippen LogP contribution is 2.20. The van der Waals surface area contributed by atoms with Crippen LogP contribution in [-0.4, -0.2) is 9.78 Å². The molecule has 0 aliphatic heterocycles. The van der Waals surface area contributed by atoms with Crippen molar-refractivity contribution in [2.45, 2.75) is 6.54 Å². The Labute approximate surface area is 92.5 Å². The third kappa shape index (κ3) is 2.17. The fourth-order valence-corrected chi connectivity index (χ4v) is 1.44. The monoisotopic (exact) mass is 217 g/mol. The van der Waals surface area contributed by atoms with Crippen molar-refractivity contribution in [2.75, 3.05) is 0 Å². The Morgan fingerprint density at radius 1 is 1.27 bits per heavy atom. The summed E-state index contributed by atoms with van der Waals surface area (Å²) in [7, 11) is 0. The lowest BCUT2D eigenvalue weighted by molar-refractivity contribution is 0.710. The first kappa shape index (κ1) is 9.75. The van der Waals surface area contributed by atoms with E-state index < -0.39 is 0 Å². The minimum absolute atomic E-state index is 0.271. The molecule has 0 N–H and O–H groups in total. The molecule has 0 aliphatic rings. The Bertz CT molecular complexity index is 493. The van der Waals surface area contributed by atoms with Gasteiger partial charge in [-0.2, -0.15) is 10.4 Å². The van der Waals surface area contributed by atoms with Crippen molar-refractivity contribution in [1.82, 2.24) is 9.78 Å². The largest absolute Gasteiger partial charge is 0.258 e. The second-order valence-corrected chi connectivity index (χ2v) is 3.53. The predicted octanol–water partition coefficient (Wildman–Crippen LogP) is 2.73. The average Bonchev–Trinajstić information content (AvgIpc) is 2.68. The summed E-state index contributed by atoms with van der Waals surface area (Å²) >= 11 is 5.79. The molecule has 1 aromatic carbocycles. The van der Waals surface area contributed by atoms with Crippen LogP contribution in [0.2, 0.25) is 5.02 Å². The molecule has 1 aromatic heterocycles. The lowest BCUT2D eigenvalue weighted by Crippen LogP contribution is -1.93. The van der Waals surface area contributed by atoms with Gasteiger partial charge in [-0.05, 0) is 17.7 Å². The van der Waals surface area contributed by atoms with Crippen LogP contribution >= 0.6 is 11.6 Å². The molecule has 0 unspecified atom stereocenters. The zero-order chi connectivity index (χ0) is 10.7. The standard InChI is InChI=1S/C11H8ClN3/c12-11-3-1-9(2-4-11)10-7-14-15(8-10)6-5-13/h1-4,7-8H,6H2. The molecular formula is C11H8ClN3. The number of nitriles is 1. The van der Waals surface area contributed by atoms with Crippen molar-refractivity contribution in [1.29, 1.82) is 5.26 Å². The Morgan fingerprint density at radius 2 is 2.00 bits per heavy atom. The summed E-state index contributed by atoms with van der Waals surface area (Å²) in [4.78, 5) is 0. The molecule has 4 heteroatoms. The SMILES string of the molecule is N#CCn1cc(-c2ccc(Cl)cc2)cn1. The van der Waals surface area contributed by atoms with E-state index in [2.05, 4.69) is 5.10 Å². The Hall–Kier alpha value is -1.79. The molecule has 2 rings (SSSR count). The third-order valence-corrected chi connectivity index (χ3v) is 2.30. The molecule has 0 aliphatic carbocycles. The van der Waals surface area contributed by atoms with E-state index in [-0.39, 0.29) is 6.54 Å². The van der Waals surface area contributed by atoms with E-state index in [9.17, 15) is 0 Å².